The van der Waals surface area contributed by atoms with Gasteiger partial charge in [0.15, 0.2) is 0 Å². The molecule has 2 nitrogen and oxygen atoms in total. The van der Waals surface area contributed by atoms with Gasteiger partial charge in [0.1, 0.15) is 0 Å². The van der Waals surface area contributed by atoms with Crippen molar-refractivity contribution >= 4 is 10.8 Å². The highest BCUT2D eigenvalue weighted by atomic mass is 16.1. The van der Waals surface area contributed by atoms with Gasteiger partial charge in [0.2, 0.25) is 5.56 Å². The molecule has 0 unspecified atom stereocenters. The molecule has 0 atom stereocenters. The summed E-state index contributed by atoms with van der Waals surface area (Å²) in [4.78, 5) is 13.7. The van der Waals surface area contributed by atoms with Crippen molar-refractivity contribution in [2.45, 2.75) is 0 Å². The lowest BCUT2D eigenvalue weighted by Crippen LogP contribution is -2.01. The Morgan fingerprint density at radius 3 is 2.29 bits per heavy atom. The largest absolute Gasteiger partial charge is 0.328 e. The Balaban J connectivity index is 2.17. The quantitative estimate of drug-likeness (QED) is 0.672. The maximum absolute atomic E-state index is 11.0. The molecule has 0 aliphatic rings. The van der Waals surface area contributed by atoms with Gasteiger partial charge in [0.05, 0.1) is 0 Å². The highest BCUT2D eigenvalue weighted by molar-refractivity contribution is 5.87. The van der Waals surface area contributed by atoms with Crippen LogP contribution in [-0.2, 0) is 0 Å². The van der Waals surface area contributed by atoms with Crippen molar-refractivity contribution in [3.8, 4) is 11.1 Å². The van der Waals surface area contributed by atoms with Crippen LogP contribution in [0.1, 0.15) is 0 Å². The molecule has 0 amide bonds. The number of nitrogens with one attached hydrogen (secondary N) is 1. The molecule has 0 saturated heterocycles. The molecule has 0 spiro atoms. The topological polar surface area (TPSA) is 32.9 Å². The van der Waals surface area contributed by atoms with Crippen LogP contribution in [0.15, 0.2) is 65.6 Å². The van der Waals surface area contributed by atoms with Gasteiger partial charge in [-0.3, -0.25) is 4.79 Å². The van der Waals surface area contributed by atoms with E-state index in [1.54, 1.807) is 12.3 Å². The average Bonchev–Trinajstić information content (AvgIpc) is 2.39. The average molecular weight is 221 g/mol. The van der Waals surface area contributed by atoms with Crippen LogP contribution in [0, 0.1) is 0 Å². The predicted molar refractivity (Wildman–Crippen MR) is 70.0 cm³/mol. The van der Waals surface area contributed by atoms with E-state index >= 15 is 0 Å². The lowest BCUT2D eigenvalue weighted by atomic mass is 10.0. The molecule has 17 heavy (non-hydrogen) atoms. The maximum Gasteiger partial charge on any atom is 0.247 e. The van der Waals surface area contributed by atoms with Gasteiger partial charge in [-0.2, -0.15) is 0 Å². The third kappa shape index (κ3) is 1.85. The molecule has 0 radical (unpaired) electrons. The lowest BCUT2D eigenvalue weighted by Gasteiger charge is -2.03. The first-order valence-corrected chi connectivity index (χ1v) is 5.51. The fourth-order valence-corrected chi connectivity index (χ4v) is 1.96. The molecule has 2 heteroatoms. The van der Waals surface area contributed by atoms with Crippen LogP contribution in [0.3, 0.4) is 0 Å². The fourth-order valence-electron chi connectivity index (χ4n) is 1.96. The molecular weight excluding hydrogens is 210 g/mol. The summed E-state index contributed by atoms with van der Waals surface area (Å²) >= 11 is 0. The Kier molecular flexibility index (Phi) is 2.26. The van der Waals surface area contributed by atoms with E-state index in [4.69, 9.17) is 0 Å². The highest BCUT2D eigenvalue weighted by Gasteiger charge is 1.99. The lowest BCUT2D eigenvalue weighted by molar-refractivity contribution is 1.24. The smallest absolute Gasteiger partial charge is 0.247 e. The molecule has 0 aliphatic carbocycles. The van der Waals surface area contributed by atoms with E-state index in [-0.39, 0.29) is 5.56 Å². The molecule has 1 N–H and O–H groups in total. The zero-order valence-electron chi connectivity index (χ0n) is 9.18. The van der Waals surface area contributed by atoms with E-state index in [1.807, 2.05) is 18.2 Å². The van der Waals surface area contributed by atoms with E-state index in [1.165, 1.54) is 10.8 Å². The molecule has 0 saturated carbocycles. The minimum Gasteiger partial charge on any atom is -0.328 e. The van der Waals surface area contributed by atoms with Gasteiger partial charge < -0.3 is 4.98 Å². The maximum atomic E-state index is 11.0. The van der Waals surface area contributed by atoms with Crippen molar-refractivity contribution in [3.05, 3.63) is 71.1 Å². The van der Waals surface area contributed by atoms with Gasteiger partial charge in [-0.25, -0.2) is 0 Å². The molecule has 0 aliphatic heterocycles. The summed E-state index contributed by atoms with van der Waals surface area (Å²) in [6.45, 7) is 0. The van der Waals surface area contributed by atoms with Crippen LogP contribution in [0.4, 0.5) is 0 Å². The Bertz CT molecular complexity index is 708. The fraction of sp³-hybridized carbons (Fsp3) is 0. The predicted octanol–water partition coefficient (Wildman–Crippen LogP) is 3.20. The molecule has 1 heterocycles. The van der Waals surface area contributed by atoms with Crippen molar-refractivity contribution in [2.24, 2.45) is 0 Å². The zero-order valence-corrected chi connectivity index (χ0v) is 9.18. The van der Waals surface area contributed by atoms with Crippen molar-refractivity contribution in [3.63, 3.8) is 0 Å². The number of aromatic nitrogens is 1. The molecule has 3 rings (SSSR count). The van der Waals surface area contributed by atoms with Crippen LogP contribution in [-0.4, -0.2) is 4.98 Å². The molecule has 3 aromatic rings. The van der Waals surface area contributed by atoms with Crippen molar-refractivity contribution in [1.82, 2.24) is 4.98 Å². The van der Waals surface area contributed by atoms with Crippen LogP contribution in [0.25, 0.3) is 21.9 Å². The van der Waals surface area contributed by atoms with E-state index < -0.39 is 0 Å². The van der Waals surface area contributed by atoms with Gasteiger partial charge >= 0.3 is 0 Å². The van der Waals surface area contributed by atoms with Crippen LogP contribution < -0.4 is 5.56 Å². The molecule has 0 bridgehead atoms. The summed E-state index contributed by atoms with van der Waals surface area (Å²) in [6.07, 6.45) is 1.74. The first kappa shape index (κ1) is 9.85. The Labute approximate surface area is 98.6 Å². The third-order valence-corrected chi connectivity index (χ3v) is 2.87. The first-order chi connectivity index (χ1) is 8.33. The van der Waals surface area contributed by atoms with Crippen LogP contribution in [0.2, 0.25) is 0 Å². The van der Waals surface area contributed by atoms with Gasteiger partial charge in [0.25, 0.3) is 0 Å². The van der Waals surface area contributed by atoms with Crippen LogP contribution >= 0.6 is 0 Å². The molecular formula is C15H11NO. The van der Waals surface area contributed by atoms with Gasteiger partial charge in [-0.05, 0) is 34.0 Å². The number of aromatic amines is 1. The Hall–Kier alpha value is -2.35. The second kappa shape index (κ2) is 3.91. The number of benzene rings is 2. The molecule has 2 aromatic carbocycles. The molecule has 82 valence electrons. The number of fused-ring (bicyclic) bond motifs is 1. The van der Waals surface area contributed by atoms with Crippen LogP contribution in [0.5, 0.6) is 0 Å². The zero-order chi connectivity index (χ0) is 11.7. The van der Waals surface area contributed by atoms with Gasteiger partial charge in [-0.15, -0.1) is 0 Å². The van der Waals surface area contributed by atoms with Gasteiger partial charge in [0, 0.05) is 12.3 Å². The SMILES string of the molecule is O=c1ccc(-c2ccc3ccccc3c2)c[nH]1. The first-order valence-electron chi connectivity index (χ1n) is 5.51. The second-order valence-electron chi connectivity index (χ2n) is 4.00. The second-order valence-corrected chi connectivity index (χ2v) is 4.00. The number of pyridine rings is 1. The summed E-state index contributed by atoms with van der Waals surface area (Å²) in [5.41, 5.74) is 2.06. The summed E-state index contributed by atoms with van der Waals surface area (Å²) in [5, 5.41) is 2.43. The Morgan fingerprint density at radius 1 is 0.765 bits per heavy atom. The molecule has 1 aromatic heterocycles. The van der Waals surface area contributed by atoms with E-state index in [2.05, 4.69) is 35.3 Å². The highest BCUT2D eigenvalue weighted by Crippen LogP contribution is 2.23. The normalized spacial score (nSPS) is 10.6. The van der Waals surface area contributed by atoms with E-state index in [0.717, 1.165) is 11.1 Å². The number of hydrogen-bond acceptors (Lipinski definition) is 1. The summed E-state index contributed by atoms with van der Waals surface area (Å²) in [6, 6.07) is 17.9. The summed E-state index contributed by atoms with van der Waals surface area (Å²) < 4.78 is 0. The third-order valence-electron chi connectivity index (χ3n) is 2.87. The van der Waals surface area contributed by atoms with E-state index in [0.29, 0.717) is 0 Å². The molecule has 0 fully saturated rings. The van der Waals surface area contributed by atoms with Gasteiger partial charge in [-0.1, -0.05) is 36.4 Å². The number of rotatable bonds is 1. The standard InChI is InChI=1S/C15H11NO/c17-15-8-7-14(10-16-15)13-6-5-11-3-1-2-4-12(11)9-13/h1-10H,(H,16,17). The minimum absolute atomic E-state index is 0.0745. The van der Waals surface area contributed by atoms with E-state index in [9.17, 15) is 4.79 Å². The Morgan fingerprint density at radius 2 is 1.53 bits per heavy atom. The van der Waals surface area contributed by atoms with Crippen molar-refractivity contribution < 1.29 is 0 Å². The minimum atomic E-state index is -0.0745. The van der Waals surface area contributed by atoms with Crippen molar-refractivity contribution in [1.29, 1.82) is 0 Å². The monoisotopic (exact) mass is 221 g/mol. The number of H-pyrrole nitrogens is 1. The summed E-state index contributed by atoms with van der Waals surface area (Å²) in [7, 11) is 0. The summed E-state index contributed by atoms with van der Waals surface area (Å²) in [5.74, 6) is 0. The number of hydrogen-bond donors (Lipinski definition) is 1. The van der Waals surface area contributed by atoms with Crippen molar-refractivity contribution in [2.75, 3.05) is 0 Å².